The Bertz CT molecular complexity index is 1130. The zero-order valence-corrected chi connectivity index (χ0v) is 19.5. The normalized spacial score (nSPS) is 10.2. The quantitative estimate of drug-likeness (QED) is 0.242. The van der Waals surface area contributed by atoms with Gasteiger partial charge in [0.2, 0.25) is 11.8 Å². The first-order chi connectivity index (χ1) is 16.4. The molecule has 0 saturated heterocycles. The molecular formula is C27H28N2O5. The number of carbonyl (C=O) groups excluding carboxylic acids is 2. The Labute approximate surface area is 199 Å². The smallest absolute Gasteiger partial charge is 0.339 e. The first-order valence-corrected chi connectivity index (χ1v) is 10.9. The van der Waals surface area contributed by atoms with Gasteiger partial charge in [-0.05, 0) is 62.2 Å². The van der Waals surface area contributed by atoms with Crippen LogP contribution < -0.4 is 14.8 Å². The minimum atomic E-state index is -0.512. The number of esters is 1. The number of hydrogen-bond acceptors (Lipinski definition) is 6. The van der Waals surface area contributed by atoms with Crippen LogP contribution in [0.3, 0.4) is 0 Å². The van der Waals surface area contributed by atoms with Gasteiger partial charge in [-0.2, -0.15) is 0 Å². The fourth-order valence-corrected chi connectivity index (χ4v) is 3.08. The van der Waals surface area contributed by atoms with Crippen LogP contribution in [0.1, 0.15) is 36.2 Å². The van der Waals surface area contributed by atoms with Crippen molar-refractivity contribution >= 4 is 17.6 Å². The predicted octanol–water partition coefficient (Wildman–Crippen LogP) is 5.58. The molecule has 1 amide bonds. The molecule has 0 aliphatic rings. The van der Waals surface area contributed by atoms with Gasteiger partial charge in [0.15, 0.2) is 0 Å². The summed E-state index contributed by atoms with van der Waals surface area (Å²) in [6.45, 7) is 4.75. The molecular weight excluding hydrogens is 432 g/mol. The number of nitrogens with zero attached hydrogens (tertiary/aromatic N) is 1. The standard InChI is InChI=1S/C27H28N2O5/c1-19(2)7-6-16-33-21-11-13-22(14-12-21)34-26-15-10-20(18-28-26)17-25(30)29-24-9-5-4-8-23(24)27(31)32-3/h4-5,7-15,18H,6,16-17H2,1-3H3,(H,29,30). The van der Waals surface area contributed by atoms with Gasteiger partial charge in [0.05, 0.1) is 31.4 Å². The molecule has 0 unspecified atom stereocenters. The zero-order chi connectivity index (χ0) is 24.3. The van der Waals surface area contributed by atoms with Crippen LogP contribution >= 0.6 is 0 Å². The van der Waals surface area contributed by atoms with Gasteiger partial charge in [-0.1, -0.05) is 29.8 Å². The van der Waals surface area contributed by atoms with Crippen molar-refractivity contribution in [3.63, 3.8) is 0 Å². The van der Waals surface area contributed by atoms with Gasteiger partial charge in [-0.3, -0.25) is 4.79 Å². The number of para-hydroxylation sites is 1. The fraction of sp³-hybridized carbons (Fsp3) is 0.222. The molecule has 7 nitrogen and oxygen atoms in total. The Hall–Kier alpha value is -4.13. The van der Waals surface area contributed by atoms with Crippen LogP contribution in [-0.2, 0) is 16.0 Å². The highest BCUT2D eigenvalue weighted by Crippen LogP contribution is 2.23. The lowest BCUT2D eigenvalue weighted by Gasteiger charge is -2.10. The number of methoxy groups -OCH3 is 1. The summed E-state index contributed by atoms with van der Waals surface area (Å²) in [6.07, 6.45) is 4.69. The molecule has 0 fully saturated rings. The maximum absolute atomic E-state index is 12.4. The first kappa shape index (κ1) is 24.5. The van der Waals surface area contributed by atoms with E-state index in [2.05, 4.69) is 30.2 Å². The third-order valence-corrected chi connectivity index (χ3v) is 4.75. The average Bonchev–Trinajstić information content (AvgIpc) is 2.84. The number of anilines is 1. The maximum atomic E-state index is 12.4. The highest BCUT2D eigenvalue weighted by Gasteiger charge is 2.13. The second kappa shape index (κ2) is 12.2. The van der Waals surface area contributed by atoms with Crippen molar-refractivity contribution in [2.45, 2.75) is 26.7 Å². The molecule has 0 aliphatic carbocycles. The van der Waals surface area contributed by atoms with E-state index in [1.54, 1.807) is 42.6 Å². The van der Waals surface area contributed by atoms with Crippen LogP contribution in [0.25, 0.3) is 0 Å². The highest BCUT2D eigenvalue weighted by atomic mass is 16.5. The van der Waals surface area contributed by atoms with Crippen molar-refractivity contribution < 1.29 is 23.8 Å². The number of pyridine rings is 1. The van der Waals surface area contributed by atoms with E-state index in [1.165, 1.54) is 12.7 Å². The number of ether oxygens (including phenoxy) is 3. The molecule has 1 N–H and O–H groups in total. The Balaban J connectivity index is 1.52. The minimum Gasteiger partial charge on any atom is -0.493 e. The Kier molecular flexibility index (Phi) is 8.80. The summed E-state index contributed by atoms with van der Waals surface area (Å²) in [6, 6.07) is 17.5. The number of carbonyl (C=O) groups is 2. The molecule has 3 rings (SSSR count). The van der Waals surface area contributed by atoms with Crippen LogP contribution in [-0.4, -0.2) is 30.6 Å². The van der Waals surface area contributed by atoms with E-state index in [0.29, 0.717) is 35.1 Å². The van der Waals surface area contributed by atoms with E-state index in [9.17, 15) is 9.59 Å². The van der Waals surface area contributed by atoms with E-state index in [4.69, 9.17) is 14.2 Å². The van der Waals surface area contributed by atoms with Crippen LogP contribution in [0.5, 0.6) is 17.4 Å². The van der Waals surface area contributed by atoms with Gasteiger partial charge in [-0.25, -0.2) is 9.78 Å². The molecule has 176 valence electrons. The summed E-state index contributed by atoms with van der Waals surface area (Å²) in [5.41, 5.74) is 2.68. The number of amides is 1. The molecule has 0 radical (unpaired) electrons. The number of rotatable bonds is 10. The van der Waals surface area contributed by atoms with Crippen LogP contribution in [0.4, 0.5) is 5.69 Å². The van der Waals surface area contributed by atoms with Gasteiger partial charge >= 0.3 is 5.97 Å². The second-order valence-electron chi connectivity index (χ2n) is 7.76. The van der Waals surface area contributed by atoms with E-state index in [-0.39, 0.29) is 12.3 Å². The minimum absolute atomic E-state index is 0.0988. The number of nitrogens with one attached hydrogen (secondary N) is 1. The van der Waals surface area contributed by atoms with Crippen molar-refractivity contribution in [1.82, 2.24) is 4.98 Å². The molecule has 34 heavy (non-hydrogen) atoms. The van der Waals surface area contributed by atoms with E-state index in [1.807, 2.05) is 24.3 Å². The molecule has 0 saturated carbocycles. The van der Waals surface area contributed by atoms with Crippen LogP contribution in [0.15, 0.2) is 78.5 Å². The molecule has 7 heteroatoms. The lowest BCUT2D eigenvalue weighted by Crippen LogP contribution is -2.17. The summed E-state index contributed by atoms with van der Waals surface area (Å²) in [7, 11) is 1.30. The molecule has 0 spiro atoms. The molecule has 3 aromatic rings. The van der Waals surface area contributed by atoms with Gasteiger partial charge in [0.1, 0.15) is 11.5 Å². The lowest BCUT2D eigenvalue weighted by atomic mass is 10.1. The highest BCUT2D eigenvalue weighted by molar-refractivity contribution is 6.01. The van der Waals surface area contributed by atoms with Crippen molar-refractivity contribution in [2.75, 3.05) is 19.0 Å². The lowest BCUT2D eigenvalue weighted by molar-refractivity contribution is -0.115. The van der Waals surface area contributed by atoms with Crippen LogP contribution in [0.2, 0.25) is 0 Å². The Morgan fingerprint density at radius 1 is 0.971 bits per heavy atom. The van der Waals surface area contributed by atoms with E-state index >= 15 is 0 Å². The number of benzene rings is 2. The molecule has 0 aliphatic heterocycles. The van der Waals surface area contributed by atoms with Crippen molar-refractivity contribution in [3.05, 3.63) is 89.6 Å². The van der Waals surface area contributed by atoms with Crippen molar-refractivity contribution in [1.29, 1.82) is 0 Å². The van der Waals surface area contributed by atoms with Crippen LogP contribution in [0, 0.1) is 0 Å². The SMILES string of the molecule is COC(=O)c1ccccc1NC(=O)Cc1ccc(Oc2ccc(OCCC=C(C)C)cc2)nc1. The summed E-state index contributed by atoms with van der Waals surface area (Å²) in [4.78, 5) is 28.6. The Morgan fingerprint density at radius 2 is 1.71 bits per heavy atom. The second-order valence-corrected chi connectivity index (χ2v) is 7.76. The monoisotopic (exact) mass is 460 g/mol. The number of hydrogen-bond donors (Lipinski definition) is 1. The molecule has 1 aromatic heterocycles. The summed E-state index contributed by atoms with van der Waals surface area (Å²) >= 11 is 0. The van der Waals surface area contributed by atoms with E-state index < -0.39 is 5.97 Å². The fourth-order valence-electron chi connectivity index (χ4n) is 3.08. The summed E-state index contributed by atoms with van der Waals surface area (Å²) in [5, 5.41) is 2.74. The molecule has 0 bridgehead atoms. The topological polar surface area (TPSA) is 86.8 Å². The molecule has 0 atom stereocenters. The Morgan fingerprint density at radius 3 is 2.38 bits per heavy atom. The third-order valence-electron chi connectivity index (χ3n) is 4.75. The van der Waals surface area contributed by atoms with Crippen molar-refractivity contribution in [2.24, 2.45) is 0 Å². The van der Waals surface area contributed by atoms with E-state index in [0.717, 1.165) is 12.2 Å². The molecule has 2 aromatic carbocycles. The predicted molar refractivity (Wildman–Crippen MR) is 130 cm³/mol. The molecule has 1 heterocycles. The van der Waals surface area contributed by atoms with Gasteiger partial charge in [0.25, 0.3) is 0 Å². The number of aromatic nitrogens is 1. The van der Waals surface area contributed by atoms with Gasteiger partial charge in [0, 0.05) is 12.3 Å². The third kappa shape index (κ3) is 7.48. The largest absolute Gasteiger partial charge is 0.493 e. The maximum Gasteiger partial charge on any atom is 0.339 e. The summed E-state index contributed by atoms with van der Waals surface area (Å²) < 4.78 is 16.2. The van der Waals surface area contributed by atoms with Gasteiger partial charge in [-0.15, -0.1) is 0 Å². The number of allylic oxidation sites excluding steroid dienone is 1. The average molecular weight is 461 g/mol. The summed E-state index contributed by atoms with van der Waals surface area (Å²) in [5.74, 6) is 1.04. The first-order valence-electron chi connectivity index (χ1n) is 10.9. The van der Waals surface area contributed by atoms with Crippen molar-refractivity contribution in [3.8, 4) is 17.4 Å². The van der Waals surface area contributed by atoms with Gasteiger partial charge < -0.3 is 19.5 Å². The zero-order valence-electron chi connectivity index (χ0n) is 19.5.